The molecule has 0 nitrogen and oxygen atoms in total. The van der Waals surface area contributed by atoms with Crippen LogP contribution < -0.4 is 0 Å². The zero-order valence-corrected chi connectivity index (χ0v) is 21.7. The lowest BCUT2D eigenvalue weighted by molar-refractivity contribution is 0.661. The highest BCUT2D eigenvalue weighted by atomic mass is 14.4. The molecule has 0 unspecified atom stereocenters. The summed E-state index contributed by atoms with van der Waals surface area (Å²) >= 11 is 0. The Morgan fingerprint density at radius 2 is 1.00 bits per heavy atom. The summed E-state index contributed by atoms with van der Waals surface area (Å²) in [5.41, 5.74) is 5.67. The number of fused-ring (bicyclic) bond motifs is 9. The van der Waals surface area contributed by atoms with Crippen molar-refractivity contribution < 1.29 is 0 Å². The molecule has 6 aromatic rings. The summed E-state index contributed by atoms with van der Waals surface area (Å²) in [7, 11) is 0. The molecule has 1 aliphatic carbocycles. The first-order valence-electron chi connectivity index (χ1n) is 13.0. The molecule has 0 fully saturated rings. The van der Waals surface area contributed by atoms with Crippen LogP contribution in [0.1, 0.15) is 52.7 Å². The van der Waals surface area contributed by atoms with E-state index in [9.17, 15) is 0 Å². The van der Waals surface area contributed by atoms with Crippen molar-refractivity contribution in [2.24, 2.45) is 0 Å². The number of hydrogen-bond acceptors (Lipinski definition) is 0. The van der Waals surface area contributed by atoms with E-state index in [1.165, 1.54) is 65.3 Å². The monoisotopic (exact) mass is 454 g/mol. The van der Waals surface area contributed by atoms with Crippen molar-refractivity contribution in [3.8, 4) is 11.1 Å². The normalized spacial score (nSPS) is 13.1. The second kappa shape index (κ2) is 8.86. The third kappa shape index (κ3) is 3.43. The molecule has 7 rings (SSSR count). The molecular weight excluding hydrogens is 420 g/mol. The Morgan fingerprint density at radius 1 is 0.457 bits per heavy atom. The first-order chi connectivity index (χ1) is 17.1. The Bertz CT molecular complexity index is 1700. The minimum atomic E-state index is -0.0182. The van der Waals surface area contributed by atoms with E-state index < -0.39 is 0 Å². The van der Waals surface area contributed by atoms with Gasteiger partial charge in [0.15, 0.2) is 0 Å². The summed E-state index contributed by atoms with van der Waals surface area (Å²) in [6.07, 6.45) is 0. The first-order valence-corrected chi connectivity index (χ1v) is 13.0. The van der Waals surface area contributed by atoms with E-state index in [0.29, 0.717) is 0 Å². The van der Waals surface area contributed by atoms with Gasteiger partial charge >= 0.3 is 0 Å². The summed E-state index contributed by atoms with van der Waals surface area (Å²) in [6.45, 7) is 12.8. The van der Waals surface area contributed by atoms with Crippen LogP contribution in [-0.4, -0.2) is 0 Å². The molecule has 6 aromatic carbocycles. The van der Waals surface area contributed by atoms with Crippen LogP contribution in [-0.2, 0) is 5.41 Å². The highest BCUT2D eigenvalue weighted by Gasteiger charge is 2.37. The topological polar surface area (TPSA) is 0 Å². The lowest BCUT2D eigenvalue weighted by Crippen LogP contribution is -2.14. The molecule has 0 aromatic heterocycles. The van der Waals surface area contributed by atoms with Gasteiger partial charge in [0.1, 0.15) is 0 Å². The molecule has 0 heteroatoms. The first kappa shape index (κ1) is 23.1. The van der Waals surface area contributed by atoms with Crippen LogP contribution in [0, 0.1) is 0 Å². The zero-order valence-electron chi connectivity index (χ0n) is 21.7. The lowest BCUT2D eigenvalue weighted by Gasteiger charge is -2.22. The molecule has 35 heavy (non-hydrogen) atoms. The standard InChI is InChI=1S/C31H22.2C2H6/c1-31(2)27-14-13-20-12-11-19-7-5-6-10-25(19)29(20)30(27)26-17-23-15-21-8-3-4-9-22(21)16-24(23)18-28(26)31;2*1-2/h3-18H,1-2H3;2*1-2H3. The molecule has 0 atom stereocenters. The lowest BCUT2D eigenvalue weighted by atomic mass is 9.81. The van der Waals surface area contributed by atoms with Crippen LogP contribution in [0.25, 0.3) is 54.2 Å². The van der Waals surface area contributed by atoms with Gasteiger partial charge in [-0.3, -0.25) is 0 Å². The van der Waals surface area contributed by atoms with E-state index in [1.807, 2.05) is 27.7 Å². The fourth-order valence-corrected chi connectivity index (χ4v) is 5.76. The molecule has 0 amide bonds. The van der Waals surface area contributed by atoms with Gasteiger partial charge < -0.3 is 0 Å². The third-order valence-corrected chi connectivity index (χ3v) is 7.37. The number of benzene rings is 6. The molecule has 174 valence electrons. The quantitative estimate of drug-likeness (QED) is 0.158. The molecule has 0 spiro atoms. The van der Waals surface area contributed by atoms with Crippen molar-refractivity contribution in [1.29, 1.82) is 0 Å². The summed E-state index contributed by atoms with van der Waals surface area (Å²) in [4.78, 5) is 0. The van der Waals surface area contributed by atoms with Crippen molar-refractivity contribution in [1.82, 2.24) is 0 Å². The van der Waals surface area contributed by atoms with E-state index in [0.717, 1.165) is 0 Å². The van der Waals surface area contributed by atoms with Crippen LogP contribution >= 0.6 is 0 Å². The van der Waals surface area contributed by atoms with Crippen molar-refractivity contribution in [3.63, 3.8) is 0 Å². The van der Waals surface area contributed by atoms with E-state index in [-0.39, 0.29) is 5.41 Å². The van der Waals surface area contributed by atoms with E-state index >= 15 is 0 Å². The molecule has 0 N–H and O–H groups in total. The predicted molar refractivity (Wildman–Crippen MR) is 157 cm³/mol. The fraction of sp³-hybridized carbons (Fsp3) is 0.200. The SMILES string of the molecule is CC.CC.CC1(C)c2cc3cc4ccccc4cc3cc2-c2c1ccc1ccc3ccccc3c21. The molecule has 0 bridgehead atoms. The average Bonchev–Trinajstić information content (AvgIpc) is 3.14. The average molecular weight is 455 g/mol. The van der Waals surface area contributed by atoms with Gasteiger partial charge in [-0.25, -0.2) is 0 Å². The van der Waals surface area contributed by atoms with Crippen molar-refractivity contribution in [2.75, 3.05) is 0 Å². The molecule has 1 aliphatic rings. The molecular formula is C35H34. The van der Waals surface area contributed by atoms with Crippen molar-refractivity contribution >= 4 is 43.1 Å². The minimum Gasteiger partial charge on any atom is -0.0683 e. The van der Waals surface area contributed by atoms with Gasteiger partial charge in [0, 0.05) is 5.41 Å². The van der Waals surface area contributed by atoms with Gasteiger partial charge in [-0.2, -0.15) is 0 Å². The Kier molecular flexibility index (Phi) is 5.85. The van der Waals surface area contributed by atoms with Crippen molar-refractivity contribution in [3.05, 3.63) is 108 Å². The molecule has 0 heterocycles. The Morgan fingerprint density at radius 3 is 1.69 bits per heavy atom. The molecule has 0 saturated carbocycles. The van der Waals surface area contributed by atoms with Gasteiger partial charge in [-0.05, 0) is 89.6 Å². The van der Waals surface area contributed by atoms with Gasteiger partial charge in [-0.15, -0.1) is 0 Å². The minimum absolute atomic E-state index is 0.0182. The molecule has 0 aliphatic heterocycles. The van der Waals surface area contributed by atoms with Gasteiger partial charge in [0.2, 0.25) is 0 Å². The fourth-order valence-electron chi connectivity index (χ4n) is 5.76. The van der Waals surface area contributed by atoms with Gasteiger partial charge in [0.25, 0.3) is 0 Å². The summed E-state index contributed by atoms with van der Waals surface area (Å²) in [5.74, 6) is 0. The predicted octanol–water partition coefficient (Wildman–Crippen LogP) is 10.7. The highest BCUT2D eigenvalue weighted by molar-refractivity contribution is 6.17. The van der Waals surface area contributed by atoms with E-state index in [4.69, 9.17) is 0 Å². The van der Waals surface area contributed by atoms with Crippen LogP contribution in [0.4, 0.5) is 0 Å². The maximum Gasteiger partial charge on any atom is 0.0159 e. The zero-order chi connectivity index (χ0) is 24.7. The molecule has 0 radical (unpaired) electrons. The van der Waals surface area contributed by atoms with E-state index in [2.05, 4.69) is 111 Å². The summed E-state index contributed by atoms with van der Waals surface area (Å²) < 4.78 is 0. The van der Waals surface area contributed by atoms with Crippen LogP contribution in [0.2, 0.25) is 0 Å². The number of rotatable bonds is 0. The van der Waals surface area contributed by atoms with Gasteiger partial charge in [-0.1, -0.05) is 114 Å². The van der Waals surface area contributed by atoms with E-state index in [1.54, 1.807) is 0 Å². The third-order valence-electron chi connectivity index (χ3n) is 7.37. The van der Waals surface area contributed by atoms with Crippen LogP contribution in [0.3, 0.4) is 0 Å². The molecule has 0 saturated heterocycles. The second-order valence-electron chi connectivity index (χ2n) is 9.44. The summed E-state index contributed by atoms with van der Waals surface area (Å²) in [6, 6.07) is 36.2. The van der Waals surface area contributed by atoms with Crippen molar-refractivity contribution in [2.45, 2.75) is 47.0 Å². The smallest absolute Gasteiger partial charge is 0.0159 e. The highest BCUT2D eigenvalue weighted by Crippen LogP contribution is 2.53. The second-order valence-corrected chi connectivity index (χ2v) is 9.44. The number of hydrogen-bond donors (Lipinski definition) is 0. The Balaban J connectivity index is 0.000000605. The summed E-state index contributed by atoms with van der Waals surface area (Å²) in [5, 5.41) is 10.6. The Labute approximate surface area is 209 Å². The van der Waals surface area contributed by atoms with Gasteiger partial charge in [0.05, 0.1) is 0 Å². The maximum absolute atomic E-state index is 2.44. The van der Waals surface area contributed by atoms with Crippen LogP contribution in [0.5, 0.6) is 0 Å². The maximum atomic E-state index is 2.44. The Hall–Kier alpha value is -3.64. The largest absolute Gasteiger partial charge is 0.0683 e. The van der Waals surface area contributed by atoms with Crippen LogP contribution in [0.15, 0.2) is 97.1 Å².